The largest absolute Gasteiger partial charge is 0.370 e. The molecule has 7 amide bonds. The van der Waals surface area contributed by atoms with Gasteiger partial charge in [0.15, 0.2) is 5.96 Å². The van der Waals surface area contributed by atoms with E-state index in [2.05, 4.69) is 36.9 Å². The van der Waals surface area contributed by atoms with Crippen LogP contribution < -0.4 is 49.1 Å². The van der Waals surface area contributed by atoms with Gasteiger partial charge < -0.3 is 49.1 Å². The van der Waals surface area contributed by atoms with Gasteiger partial charge in [-0.25, -0.2) is 0 Å². The molecule has 0 saturated carbocycles. The van der Waals surface area contributed by atoms with Crippen molar-refractivity contribution in [3.8, 4) is 0 Å². The highest BCUT2D eigenvalue weighted by atomic mass is 16.2. The molecule has 0 aliphatic carbocycles. The van der Waals surface area contributed by atoms with Gasteiger partial charge in [-0.3, -0.25) is 38.6 Å². The number of primary amides is 1. The molecule has 1 heterocycles. The number of nitrogens with two attached hydrogens (primary N) is 3. The van der Waals surface area contributed by atoms with Crippen LogP contribution in [0, 0.1) is 0 Å². The van der Waals surface area contributed by atoms with E-state index < -0.39 is 78.0 Å². The molecule has 0 aromatic heterocycles. The van der Waals surface area contributed by atoms with Crippen LogP contribution >= 0.6 is 0 Å². The summed E-state index contributed by atoms with van der Waals surface area (Å²) in [6.45, 7) is 4.22. The molecule has 17 nitrogen and oxygen atoms in total. The maximum atomic E-state index is 13.0. The van der Waals surface area contributed by atoms with E-state index in [1.54, 1.807) is 0 Å². The van der Waals surface area contributed by atoms with Gasteiger partial charge in [0.2, 0.25) is 41.4 Å². The summed E-state index contributed by atoms with van der Waals surface area (Å²) in [6, 6.07) is -5.79. The van der Waals surface area contributed by atoms with Gasteiger partial charge in [-0.2, -0.15) is 0 Å². The number of aliphatic imine (C=N–C) groups is 1. The first kappa shape index (κ1) is 33.6. The van der Waals surface area contributed by atoms with E-state index in [1.807, 2.05) is 0 Å². The van der Waals surface area contributed by atoms with Crippen LogP contribution in [0.3, 0.4) is 0 Å². The Morgan fingerprint density at radius 2 is 1.50 bits per heavy atom. The van der Waals surface area contributed by atoms with Crippen molar-refractivity contribution in [3.05, 3.63) is 0 Å². The summed E-state index contributed by atoms with van der Waals surface area (Å²) in [5.74, 6) is -5.05. The van der Waals surface area contributed by atoms with Crippen molar-refractivity contribution >= 4 is 47.3 Å². The number of nitrogens with zero attached hydrogens (tertiary/aromatic N) is 1. The lowest BCUT2D eigenvalue weighted by Crippen LogP contribution is -2.58. The zero-order chi connectivity index (χ0) is 30.4. The maximum Gasteiger partial charge on any atom is 0.243 e. The topological polar surface area (TPSA) is 282 Å². The molecule has 224 valence electrons. The summed E-state index contributed by atoms with van der Waals surface area (Å²) in [5.41, 5.74) is 16.0. The summed E-state index contributed by atoms with van der Waals surface area (Å²) in [6.07, 6.45) is 0.260. The van der Waals surface area contributed by atoms with Gasteiger partial charge in [0, 0.05) is 20.0 Å². The number of amides is 7. The van der Waals surface area contributed by atoms with Crippen LogP contribution in [0.5, 0.6) is 0 Å². The SMILES string of the molecule is CC(=O)N[C@H]1CCCNC(=O)C[C@@H](C(N)=O)NC(=O)[C@H](C)NC(=O)[C@H](CCCN=C(N)N)NC(=O)[C@H](C)NC1=O. The summed E-state index contributed by atoms with van der Waals surface area (Å²) in [4.78, 5) is 91.0. The quantitative estimate of drug-likeness (QED) is 0.0844. The average molecular weight is 569 g/mol. The summed E-state index contributed by atoms with van der Waals surface area (Å²) in [7, 11) is 0. The lowest BCUT2D eigenvalue weighted by molar-refractivity contribution is -0.135. The Morgan fingerprint density at radius 1 is 0.900 bits per heavy atom. The van der Waals surface area contributed by atoms with Crippen LogP contribution in [-0.4, -0.2) is 90.6 Å². The zero-order valence-electron chi connectivity index (χ0n) is 22.9. The summed E-state index contributed by atoms with van der Waals surface area (Å²) in [5, 5.41) is 14.9. The molecule has 0 spiro atoms. The molecule has 17 heteroatoms. The first-order valence-electron chi connectivity index (χ1n) is 12.8. The molecule has 0 bridgehead atoms. The fourth-order valence-electron chi connectivity index (χ4n) is 3.65. The van der Waals surface area contributed by atoms with E-state index >= 15 is 0 Å². The first-order chi connectivity index (χ1) is 18.7. The maximum absolute atomic E-state index is 13.0. The third-order valence-electron chi connectivity index (χ3n) is 5.82. The molecule has 1 saturated heterocycles. The normalized spacial score (nSPS) is 25.8. The molecular formula is C23H40N10O7. The smallest absolute Gasteiger partial charge is 0.243 e. The summed E-state index contributed by atoms with van der Waals surface area (Å²) >= 11 is 0. The second-order valence-corrected chi connectivity index (χ2v) is 9.38. The molecule has 12 N–H and O–H groups in total. The molecule has 5 atom stereocenters. The highest BCUT2D eigenvalue weighted by molar-refractivity contribution is 5.96. The number of hydrogen-bond donors (Lipinski definition) is 9. The van der Waals surface area contributed by atoms with Gasteiger partial charge in [0.05, 0.1) is 6.42 Å². The van der Waals surface area contributed by atoms with Crippen LogP contribution in [0.25, 0.3) is 0 Å². The van der Waals surface area contributed by atoms with Crippen LogP contribution in [0.2, 0.25) is 0 Å². The Kier molecular flexibility index (Phi) is 13.9. The van der Waals surface area contributed by atoms with Crippen LogP contribution in [-0.2, 0) is 33.6 Å². The lowest BCUT2D eigenvalue weighted by atomic mass is 10.1. The molecular weight excluding hydrogens is 528 g/mol. The van der Waals surface area contributed by atoms with E-state index in [-0.39, 0.29) is 44.7 Å². The molecule has 1 aliphatic heterocycles. The standard InChI is InChI=1S/C23H40N10O7/c1-11-19(37)32-15(7-5-9-28-23(25)26)22(40)30-12(2)20(38)33-16(18(24)36)10-17(35)27-8-4-6-14(21(39)29-11)31-13(3)34/h11-12,14-16H,4-10H2,1-3H3,(H2,24,36)(H,27,35)(H,29,39)(H,30,40)(H,31,34)(H,32,37)(H,33,38)(H4,25,26,28)/t11-,12-,14-,15-,16-/m0/s1. The van der Waals surface area contributed by atoms with Crippen molar-refractivity contribution in [2.45, 2.75) is 83.1 Å². The van der Waals surface area contributed by atoms with Crippen LogP contribution in [0.4, 0.5) is 0 Å². The predicted molar refractivity (Wildman–Crippen MR) is 143 cm³/mol. The number of carbonyl (C=O) groups excluding carboxylic acids is 7. The third-order valence-corrected chi connectivity index (χ3v) is 5.82. The van der Waals surface area contributed by atoms with Crippen molar-refractivity contribution in [2.75, 3.05) is 13.1 Å². The van der Waals surface area contributed by atoms with Gasteiger partial charge in [-0.05, 0) is 39.5 Å². The van der Waals surface area contributed by atoms with E-state index in [4.69, 9.17) is 17.2 Å². The lowest BCUT2D eigenvalue weighted by Gasteiger charge is -2.24. The molecule has 1 fully saturated rings. The predicted octanol–water partition coefficient (Wildman–Crippen LogP) is -4.69. The van der Waals surface area contributed by atoms with Crippen molar-refractivity contribution in [3.63, 3.8) is 0 Å². The van der Waals surface area contributed by atoms with Gasteiger partial charge >= 0.3 is 0 Å². The minimum absolute atomic E-state index is 0.0714. The number of nitrogens with one attached hydrogen (secondary N) is 6. The third kappa shape index (κ3) is 12.4. The molecule has 1 aliphatic rings. The average Bonchev–Trinajstić information content (AvgIpc) is 2.85. The van der Waals surface area contributed by atoms with Crippen molar-refractivity contribution in [1.29, 1.82) is 0 Å². The van der Waals surface area contributed by atoms with Crippen LogP contribution in [0.1, 0.15) is 52.9 Å². The van der Waals surface area contributed by atoms with Gasteiger partial charge in [-0.15, -0.1) is 0 Å². The minimum Gasteiger partial charge on any atom is -0.370 e. The molecule has 0 aromatic rings. The second kappa shape index (κ2) is 16.5. The van der Waals surface area contributed by atoms with Crippen LogP contribution in [0.15, 0.2) is 4.99 Å². The first-order valence-corrected chi connectivity index (χ1v) is 12.8. The van der Waals surface area contributed by atoms with Crippen molar-refractivity contribution < 1.29 is 33.6 Å². The zero-order valence-corrected chi connectivity index (χ0v) is 22.9. The summed E-state index contributed by atoms with van der Waals surface area (Å²) < 4.78 is 0. The Bertz CT molecular complexity index is 998. The second-order valence-electron chi connectivity index (χ2n) is 9.38. The Balaban J connectivity index is 3.22. The fourth-order valence-corrected chi connectivity index (χ4v) is 3.65. The van der Waals surface area contributed by atoms with E-state index in [9.17, 15) is 33.6 Å². The molecule has 0 unspecified atom stereocenters. The molecule has 1 rings (SSSR count). The highest BCUT2D eigenvalue weighted by Gasteiger charge is 2.30. The number of hydrogen-bond acceptors (Lipinski definition) is 8. The number of guanidine groups is 1. The molecule has 0 aromatic carbocycles. The van der Waals surface area contributed by atoms with Gasteiger partial charge in [-0.1, -0.05) is 0 Å². The Labute approximate surface area is 231 Å². The minimum atomic E-state index is -1.36. The number of rotatable bonds is 6. The Morgan fingerprint density at radius 3 is 2.08 bits per heavy atom. The Hall–Kier alpha value is -4.44. The number of carbonyl (C=O) groups is 7. The van der Waals surface area contributed by atoms with E-state index in [1.165, 1.54) is 20.8 Å². The fraction of sp³-hybridized carbons (Fsp3) is 0.652. The van der Waals surface area contributed by atoms with Crippen molar-refractivity contribution in [1.82, 2.24) is 31.9 Å². The van der Waals surface area contributed by atoms with E-state index in [0.29, 0.717) is 0 Å². The van der Waals surface area contributed by atoms with Crippen molar-refractivity contribution in [2.24, 2.45) is 22.2 Å². The molecule has 40 heavy (non-hydrogen) atoms. The van der Waals surface area contributed by atoms with Gasteiger partial charge in [0.25, 0.3) is 0 Å². The van der Waals surface area contributed by atoms with E-state index in [0.717, 1.165) is 0 Å². The van der Waals surface area contributed by atoms with Gasteiger partial charge in [0.1, 0.15) is 30.2 Å². The molecule has 0 radical (unpaired) electrons. The monoisotopic (exact) mass is 568 g/mol. The highest BCUT2D eigenvalue weighted by Crippen LogP contribution is 2.04.